The number of primary amides is 1. The van der Waals surface area contributed by atoms with Gasteiger partial charge in [0.2, 0.25) is 5.91 Å². The zero-order valence-corrected chi connectivity index (χ0v) is 19.8. The highest BCUT2D eigenvalue weighted by Gasteiger charge is 2.69. The van der Waals surface area contributed by atoms with Gasteiger partial charge in [0.25, 0.3) is 0 Å². The van der Waals surface area contributed by atoms with Gasteiger partial charge in [0.05, 0.1) is 17.6 Å². The van der Waals surface area contributed by atoms with Gasteiger partial charge in [0.1, 0.15) is 5.75 Å². The molecule has 1 amide bonds. The number of Topliss-reactive ketones (excluding diaryl/α,β-unsaturated/α-hetero) is 4. The highest BCUT2D eigenvalue weighted by Crippen LogP contribution is 2.54. The number of aromatic hydroxyl groups is 1. The molecule has 7 atom stereocenters. The van der Waals surface area contributed by atoms with Crippen molar-refractivity contribution in [1.29, 1.82) is 0 Å². The van der Waals surface area contributed by atoms with E-state index < -0.39 is 76.8 Å². The molecule has 0 saturated heterocycles. The zero-order valence-electron chi connectivity index (χ0n) is 19.8. The molecule has 0 spiro atoms. The van der Waals surface area contributed by atoms with Crippen LogP contribution in [0.5, 0.6) is 5.75 Å². The molecule has 9 nitrogen and oxygen atoms in total. The highest BCUT2D eigenvalue weighted by molar-refractivity contribution is 6.31. The highest BCUT2D eigenvalue weighted by atomic mass is 16.3. The van der Waals surface area contributed by atoms with Crippen molar-refractivity contribution >= 4 is 41.2 Å². The molecule has 2 fully saturated rings. The number of nitrogens with two attached hydrogens (primary N) is 1. The van der Waals surface area contributed by atoms with Gasteiger partial charge in [0.15, 0.2) is 34.7 Å². The van der Waals surface area contributed by atoms with Gasteiger partial charge in [-0.2, -0.15) is 0 Å². The minimum Gasteiger partial charge on any atom is -0.507 e. The minimum atomic E-state index is -2.93. The molecule has 37 heavy (non-hydrogen) atoms. The predicted molar refractivity (Wildman–Crippen MR) is 130 cm³/mol. The second-order valence-corrected chi connectivity index (χ2v) is 10.0. The van der Waals surface area contributed by atoms with Gasteiger partial charge < -0.3 is 21.1 Å². The van der Waals surface area contributed by atoms with E-state index in [-0.39, 0.29) is 11.3 Å². The van der Waals surface area contributed by atoms with Crippen molar-refractivity contribution in [2.75, 3.05) is 0 Å². The smallest absolute Gasteiger partial charge is 0.235 e. The number of ketones is 4. The van der Waals surface area contributed by atoms with Gasteiger partial charge in [-0.25, -0.2) is 0 Å². The molecule has 2 unspecified atom stereocenters. The van der Waals surface area contributed by atoms with Crippen LogP contribution in [-0.4, -0.2) is 56.1 Å². The number of phenols is 1. The van der Waals surface area contributed by atoms with Crippen LogP contribution < -0.4 is 5.73 Å². The number of carbonyl (C=O) groups excluding carboxylic acids is 5. The number of amides is 1. The Labute approximate surface area is 211 Å². The predicted octanol–water partition coefficient (Wildman–Crippen LogP) is 1.03. The Balaban J connectivity index is 1.60. The first-order valence-electron chi connectivity index (χ1n) is 11.9. The quantitative estimate of drug-likeness (QED) is 0.355. The molecule has 2 aromatic rings. The van der Waals surface area contributed by atoms with Crippen LogP contribution in [0.15, 0.2) is 42.5 Å². The number of carbonyl (C=O) groups is 5. The minimum absolute atomic E-state index is 0.127. The summed E-state index contributed by atoms with van der Waals surface area (Å²) in [5, 5.41) is 33.6. The van der Waals surface area contributed by atoms with Crippen LogP contribution in [0.25, 0.3) is 12.2 Å². The molecule has 0 radical (unpaired) electrons. The van der Waals surface area contributed by atoms with Crippen LogP contribution in [0.2, 0.25) is 0 Å². The van der Waals surface area contributed by atoms with Crippen molar-refractivity contribution in [3.05, 3.63) is 64.7 Å². The average molecular weight is 504 g/mol. The molecular weight excluding hydrogens is 478 g/mol. The second kappa shape index (κ2) is 8.57. The van der Waals surface area contributed by atoms with Gasteiger partial charge in [-0.15, -0.1) is 0 Å². The van der Waals surface area contributed by atoms with E-state index in [0.29, 0.717) is 11.1 Å². The van der Waals surface area contributed by atoms with E-state index in [2.05, 4.69) is 0 Å². The normalized spacial score (nSPS) is 33.2. The maximum atomic E-state index is 13.7. The fraction of sp³-hybridized carbons (Fsp3) is 0.321. The summed E-state index contributed by atoms with van der Waals surface area (Å²) >= 11 is 0. The molecule has 3 aliphatic rings. The zero-order chi connectivity index (χ0) is 26.8. The monoisotopic (exact) mass is 503 g/mol. The maximum absolute atomic E-state index is 13.7. The fourth-order valence-corrected chi connectivity index (χ4v) is 6.26. The number of fused-ring (bicyclic) bond motifs is 3. The van der Waals surface area contributed by atoms with Gasteiger partial charge in [-0.05, 0) is 17.0 Å². The Hall–Kier alpha value is -3.95. The maximum Gasteiger partial charge on any atom is 0.235 e. The molecule has 5 N–H and O–H groups in total. The van der Waals surface area contributed by atoms with Crippen molar-refractivity contribution in [2.24, 2.45) is 29.4 Å². The number of hydrogen-bond acceptors (Lipinski definition) is 8. The third-order valence-electron chi connectivity index (χ3n) is 8.14. The summed E-state index contributed by atoms with van der Waals surface area (Å²) in [4.78, 5) is 64.7. The standard InChI is InChI=1S/C28H25NO8/c1-12-15-10-9-14(8-7-13-5-3-2-4-6-13)22(31)19(15)24(33)21-18(12)23(32)16-11-17(30)20(27(29)36)25(34)28(16,37)26(21)35/h2-10,12,16,18,20-21,23,31-32,37H,11H2,1H3,(H2,29,36)/t12-,16+,18+,20?,21?,23+,28+/m0/s1. The van der Waals surface area contributed by atoms with Crippen molar-refractivity contribution < 1.29 is 39.3 Å². The third kappa shape index (κ3) is 3.42. The van der Waals surface area contributed by atoms with Crippen LogP contribution in [0.1, 0.15) is 46.3 Å². The fourth-order valence-electron chi connectivity index (χ4n) is 6.26. The lowest BCUT2D eigenvalue weighted by molar-refractivity contribution is -0.189. The van der Waals surface area contributed by atoms with Crippen LogP contribution in [0.4, 0.5) is 0 Å². The average Bonchev–Trinajstić information content (AvgIpc) is 2.86. The van der Waals surface area contributed by atoms with Gasteiger partial charge in [-0.3, -0.25) is 24.0 Å². The van der Waals surface area contributed by atoms with E-state index >= 15 is 0 Å². The van der Waals surface area contributed by atoms with Gasteiger partial charge >= 0.3 is 0 Å². The molecule has 3 aliphatic carbocycles. The number of aliphatic hydroxyl groups excluding tert-OH is 1. The third-order valence-corrected chi connectivity index (χ3v) is 8.14. The van der Waals surface area contributed by atoms with Crippen LogP contribution >= 0.6 is 0 Å². The Bertz CT molecular complexity index is 1400. The molecule has 2 saturated carbocycles. The number of benzene rings is 2. The number of rotatable bonds is 3. The first-order chi connectivity index (χ1) is 17.5. The van der Waals surface area contributed by atoms with Crippen LogP contribution in [-0.2, 0) is 19.2 Å². The van der Waals surface area contributed by atoms with Crippen molar-refractivity contribution in [2.45, 2.75) is 31.0 Å². The van der Waals surface area contributed by atoms with E-state index in [1.54, 1.807) is 31.2 Å². The van der Waals surface area contributed by atoms with Crippen molar-refractivity contribution in [3.63, 3.8) is 0 Å². The molecule has 0 heterocycles. The summed E-state index contributed by atoms with van der Waals surface area (Å²) in [6, 6.07) is 12.5. The molecular formula is C28H25NO8. The molecule has 0 bridgehead atoms. The number of phenolic OH excluding ortho intramolecular Hbond substituents is 1. The summed E-state index contributed by atoms with van der Waals surface area (Å²) in [6.45, 7) is 1.67. The topological polar surface area (TPSA) is 172 Å². The summed E-state index contributed by atoms with van der Waals surface area (Å²) in [5.41, 5.74) is 3.70. The molecule has 2 aromatic carbocycles. The lowest BCUT2D eigenvalue weighted by Crippen LogP contribution is -2.72. The van der Waals surface area contributed by atoms with E-state index in [4.69, 9.17) is 5.73 Å². The summed E-state index contributed by atoms with van der Waals surface area (Å²) < 4.78 is 0. The van der Waals surface area contributed by atoms with Crippen molar-refractivity contribution in [3.8, 4) is 5.75 Å². The van der Waals surface area contributed by atoms with E-state index in [0.717, 1.165) is 5.56 Å². The van der Waals surface area contributed by atoms with Crippen LogP contribution in [0, 0.1) is 23.7 Å². The Kier molecular flexibility index (Phi) is 5.73. The molecule has 9 heteroatoms. The van der Waals surface area contributed by atoms with Gasteiger partial charge in [-0.1, -0.05) is 61.5 Å². The Morgan fingerprint density at radius 2 is 1.70 bits per heavy atom. The molecule has 190 valence electrons. The largest absolute Gasteiger partial charge is 0.507 e. The lowest BCUT2D eigenvalue weighted by atomic mass is 9.50. The van der Waals surface area contributed by atoms with E-state index in [9.17, 15) is 39.3 Å². The lowest BCUT2D eigenvalue weighted by Gasteiger charge is -2.52. The number of aliphatic hydroxyl groups is 2. The summed E-state index contributed by atoms with van der Waals surface area (Å²) in [7, 11) is 0. The first kappa shape index (κ1) is 24.7. The second-order valence-electron chi connectivity index (χ2n) is 10.0. The molecule has 0 aliphatic heterocycles. The van der Waals surface area contributed by atoms with Crippen molar-refractivity contribution in [1.82, 2.24) is 0 Å². The van der Waals surface area contributed by atoms with E-state index in [1.165, 1.54) is 0 Å². The molecule has 5 rings (SSSR count). The van der Waals surface area contributed by atoms with Gasteiger partial charge in [0, 0.05) is 23.8 Å². The number of hydrogen-bond donors (Lipinski definition) is 4. The van der Waals surface area contributed by atoms with E-state index in [1.807, 2.05) is 30.3 Å². The summed E-state index contributed by atoms with van der Waals surface area (Å²) in [6.07, 6.45) is 1.16. The SMILES string of the molecule is C[C@H]1c2ccc(C=Cc3ccccc3)c(O)c2C(=O)C2C(=O)[C@]3(O)C(=O)C(C(N)=O)C(=O)C[C@@H]3[C@@H](O)[C@@H]21. The Morgan fingerprint density at radius 3 is 2.35 bits per heavy atom. The van der Waals surface area contributed by atoms with Crippen LogP contribution in [0.3, 0.4) is 0 Å². The summed E-state index contributed by atoms with van der Waals surface area (Å²) in [5.74, 6) is -12.9. The first-order valence-corrected chi connectivity index (χ1v) is 11.9. The Morgan fingerprint density at radius 1 is 1.03 bits per heavy atom. The molecule has 0 aromatic heterocycles.